The van der Waals surface area contributed by atoms with Crippen LogP contribution in [0.15, 0.2) is 0 Å². The topological polar surface area (TPSA) is 86.7 Å². The summed E-state index contributed by atoms with van der Waals surface area (Å²) in [6, 6.07) is 0. The number of hydrogen-bond acceptors (Lipinski definition) is 6. The molecular formula is C14H16O6. The molecule has 108 valence electrons. The summed E-state index contributed by atoms with van der Waals surface area (Å²) in [6.07, 6.45) is 2.05. The van der Waals surface area contributed by atoms with Crippen molar-refractivity contribution in [3.63, 3.8) is 0 Å². The highest BCUT2D eigenvalue weighted by atomic mass is 16.6. The summed E-state index contributed by atoms with van der Waals surface area (Å²) in [7, 11) is 0. The van der Waals surface area contributed by atoms with E-state index in [-0.39, 0.29) is 18.3 Å². The highest BCUT2D eigenvalue weighted by Gasteiger charge is 2.51. The van der Waals surface area contributed by atoms with Gasteiger partial charge in [0.2, 0.25) is 0 Å². The van der Waals surface area contributed by atoms with Gasteiger partial charge in [-0.2, -0.15) is 0 Å². The smallest absolute Gasteiger partial charge is 0.319 e. The number of carbonyl (C=O) groups is 4. The van der Waals surface area contributed by atoms with Crippen molar-refractivity contribution in [3.05, 3.63) is 0 Å². The van der Waals surface area contributed by atoms with Crippen LogP contribution in [0, 0.1) is 23.2 Å². The molecule has 0 aromatic heterocycles. The van der Waals surface area contributed by atoms with Crippen LogP contribution in [-0.4, -0.2) is 23.9 Å². The van der Waals surface area contributed by atoms with Gasteiger partial charge in [0.1, 0.15) is 0 Å². The first-order valence-corrected chi connectivity index (χ1v) is 6.91. The first-order chi connectivity index (χ1) is 9.39. The lowest BCUT2D eigenvalue weighted by atomic mass is 9.72. The molecule has 1 aliphatic carbocycles. The quantitative estimate of drug-likeness (QED) is 0.485. The van der Waals surface area contributed by atoms with Crippen molar-refractivity contribution in [2.24, 2.45) is 23.2 Å². The van der Waals surface area contributed by atoms with E-state index in [1.54, 1.807) is 6.92 Å². The molecule has 6 heteroatoms. The van der Waals surface area contributed by atoms with Gasteiger partial charge in [-0.25, -0.2) is 0 Å². The molecule has 4 bridgehead atoms. The maximum absolute atomic E-state index is 12.0. The average molecular weight is 280 g/mol. The molecule has 4 atom stereocenters. The summed E-state index contributed by atoms with van der Waals surface area (Å²) < 4.78 is 9.63. The highest BCUT2D eigenvalue weighted by Crippen LogP contribution is 2.45. The molecule has 0 aromatic carbocycles. The Labute approximate surface area is 115 Å². The van der Waals surface area contributed by atoms with E-state index in [0.29, 0.717) is 25.7 Å². The largest absolute Gasteiger partial charge is 0.393 e. The zero-order valence-corrected chi connectivity index (χ0v) is 11.2. The molecule has 2 saturated heterocycles. The van der Waals surface area contributed by atoms with Crippen LogP contribution in [0.5, 0.6) is 0 Å². The Kier molecular flexibility index (Phi) is 2.92. The molecule has 3 aliphatic rings. The fourth-order valence-corrected chi connectivity index (χ4v) is 3.55. The van der Waals surface area contributed by atoms with Crippen LogP contribution in [0.1, 0.15) is 39.0 Å². The first kappa shape index (κ1) is 13.3. The fraction of sp³-hybridized carbons (Fsp3) is 0.714. The van der Waals surface area contributed by atoms with Gasteiger partial charge in [-0.15, -0.1) is 0 Å². The Bertz CT molecular complexity index is 510. The highest BCUT2D eigenvalue weighted by molar-refractivity contribution is 5.94. The van der Waals surface area contributed by atoms with Crippen LogP contribution in [0.25, 0.3) is 0 Å². The molecule has 0 spiro atoms. The third kappa shape index (κ3) is 2.03. The average Bonchev–Trinajstić information content (AvgIpc) is 2.42. The van der Waals surface area contributed by atoms with Gasteiger partial charge < -0.3 is 9.47 Å². The van der Waals surface area contributed by atoms with Crippen molar-refractivity contribution in [2.45, 2.75) is 39.0 Å². The number of fused-ring (bicyclic) bond motifs is 4. The lowest BCUT2D eigenvalue weighted by molar-refractivity contribution is -0.179. The van der Waals surface area contributed by atoms with E-state index in [1.165, 1.54) is 0 Å². The number of cyclic esters (lactones) is 4. The van der Waals surface area contributed by atoms with Crippen LogP contribution in [0.2, 0.25) is 0 Å². The number of rotatable bonds is 0. The molecule has 0 radical (unpaired) electrons. The van der Waals surface area contributed by atoms with Crippen LogP contribution < -0.4 is 0 Å². The minimum Gasteiger partial charge on any atom is -0.393 e. The normalized spacial score (nSPS) is 41.1. The van der Waals surface area contributed by atoms with Gasteiger partial charge in [-0.3, -0.25) is 19.2 Å². The van der Waals surface area contributed by atoms with E-state index < -0.39 is 35.2 Å². The Balaban J connectivity index is 1.94. The summed E-state index contributed by atoms with van der Waals surface area (Å²) in [5.74, 6) is -3.35. The summed E-state index contributed by atoms with van der Waals surface area (Å²) in [6.45, 7) is 1.72. The number of carbonyl (C=O) groups excluding carboxylic acids is 4. The van der Waals surface area contributed by atoms with E-state index in [1.807, 2.05) is 0 Å². The molecule has 0 N–H and O–H groups in total. The second-order valence-corrected chi connectivity index (χ2v) is 6.32. The maximum atomic E-state index is 12.0. The van der Waals surface area contributed by atoms with Crippen molar-refractivity contribution >= 4 is 23.9 Å². The van der Waals surface area contributed by atoms with Gasteiger partial charge in [0, 0.05) is 0 Å². The maximum Gasteiger partial charge on any atom is 0.319 e. The first-order valence-electron chi connectivity index (χ1n) is 6.91. The zero-order valence-electron chi connectivity index (χ0n) is 11.2. The fourth-order valence-electron chi connectivity index (χ4n) is 3.55. The van der Waals surface area contributed by atoms with Crippen molar-refractivity contribution in [1.29, 1.82) is 0 Å². The lowest BCUT2D eigenvalue weighted by Crippen LogP contribution is -2.44. The minimum absolute atomic E-state index is 0.276. The second kappa shape index (κ2) is 4.40. The van der Waals surface area contributed by atoms with Crippen LogP contribution in [0.4, 0.5) is 0 Å². The number of esters is 4. The number of hydrogen-bond donors (Lipinski definition) is 0. The molecule has 0 amide bonds. The number of ether oxygens (including phenoxy) is 2. The van der Waals surface area contributed by atoms with E-state index in [2.05, 4.69) is 0 Å². The molecule has 6 nitrogen and oxygen atoms in total. The molecule has 20 heavy (non-hydrogen) atoms. The van der Waals surface area contributed by atoms with Gasteiger partial charge in [0.15, 0.2) is 0 Å². The molecule has 2 aliphatic heterocycles. The molecule has 3 fully saturated rings. The molecule has 0 aromatic rings. The van der Waals surface area contributed by atoms with Crippen molar-refractivity contribution < 1.29 is 28.7 Å². The van der Waals surface area contributed by atoms with E-state index in [4.69, 9.17) is 9.47 Å². The third-order valence-corrected chi connectivity index (χ3v) is 4.71. The van der Waals surface area contributed by atoms with Crippen LogP contribution >= 0.6 is 0 Å². The monoisotopic (exact) mass is 280 g/mol. The van der Waals surface area contributed by atoms with E-state index in [0.717, 1.165) is 0 Å². The summed E-state index contributed by atoms with van der Waals surface area (Å²) >= 11 is 0. The standard InChI is InChI=1S/C14H16O6/c1-14-5-8(11(16)20-13(14)18)3-2-7-4-9(6-14)12(17)19-10(7)15/h7-9H,2-6H2,1H3. The minimum atomic E-state index is -0.850. The Morgan fingerprint density at radius 2 is 1.40 bits per heavy atom. The van der Waals surface area contributed by atoms with E-state index >= 15 is 0 Å². The van der Waals surface area contributed by atoms with Gasteiger partial charge in [-0.1, -0.05) is 0 Å². The van der Waals surface area contributed by atoms with Crippen molar-refractivity contribution in [2.75, 3.05) is 0 Å². The van der Waals surface area contributed by atoms with Gasteiger partial charge in [0.05, 0.1) is 23.2 Å². The Morgan fingerprint density at radius 1 is 0.850 bits per heavy atom. The third-order valence-electron chi connectivity index (χ3n) is 4.71. The van der Waals surface area contributed by atoms with Crippen LogP contribution in [-0.2, 0) is 28.7 Å². The molecular weight excluding hydrogens is 264 g/mol. The van der Waals surface area contributed by atoms with Crippen LogP contribution in [0.3, 0.4) is 0 Å². The van der Waals surface area contributed by atoms with Gasteiger partial charge >= 0.3 is 23.9 Å². The zero-order chi connectivity index (χ0) is 14.5. The molecule has 4 unspecified atom stereocenters. The molecule has 1 saturated carbocycles. The molecule has 3 rings (SSSR count). The predicted molar refractivity (Wildman–Crippen MR) is 63.9 cm³/mol. The summed E-state index contributed by atoms with van der Waals surface area (Å²) in [4.78, 5) is 47.2. The Hall–Kier alpha value is -1.72. The Morgan fingerprint density at radius 3 is 2.15 bits per heavy atom. The van der Waals surface area contributed by atoms with Gasteiger partial charge in [0.25, 0.3) is 0 Å². The van der Waals surface area contributed by atoms with Crippen molar-refractivity contribution in [1.82, 2.24) is 0 Å². The predicted octanol–water partition coefficient (Wildman–Crippen LogP) is 0.972. The SMILES string of the molecule is CC12CC3CC(CCC(C1)C(=O)OC2=O)C(=O)OC3=O. The van der Waals surface area contributed by atoms with Gasteiger partial charge in [-0.05, 0) is 39.0 Å². The van der Waals surface area contributed by atoms with Crippen molar-refractivity contribution in [3.8, 4) is 0 Å². The second-order valence-electron chi connectivity index (χ2n) is 6.32. The van der Waals surface area contributed by atoms with E-state index in [9.17, 15) is 19.2 Å². The molecule has 2 heterocycles. The summed E-state index contributed by atoms with van der Waals surface area (Å²) in [5.41, 5.74) is -0.850. The lowest BCUT2D eigenvalue weighted by Gasteiger charge is -2.35. The summed E-state index contributed by atoms with van der Waals surface area (Å²) in [5, 5.41) is 0.